The van der Waals surface area contributed by atoms with E-state index in [2.05, 4.69) is 160 Å². The summed E-state index contributed by atoms with van der Waals surface area (Å²) in [6.07, 6.45) is 0. The van der Waals surface area contributed by atoms with Crippen LogP contribution >= 0.6 is 22.7 Å². The van der Waals surface area contributed by atoms with Crippen molar-refractivity contribution in [3.63, 3.8) is 0 Å². The van der Waals surface area contributed by atoms with Gasteiger partial charge in [0.2, 0.25) is 0 Å². The molecule has 1 aliphatic rings. The van der Waals surface area contributed by atoms with Gasteiger partial charge in [-0.25, -0.2) is 0 Å². The van der Waals surface area contributed by atoms with Gasteiger partial charge in [-0.3, -0.25) is 0 Å². The van der Waals surface area contributed by atoms with Gasteiger partial charge >= 0.3 is 0 Å². The highest BCUT2D eigenvalue weighted by atomic mass is 32.1. The minimum atomic E-state index is -0.0330. The largest absolute Gasteiger partial charge is 0.310 e. The minimum absolute atomic E-state index is 0.000786. The summed E-state index contributed by atoms with van der Waals surface area (Å²) in [6.45, 7) is 9.73. The van der Waals surface area contributed by atoms with Crippen LogP contribution in [0.2, 0.25) is 0 Å². The lowest BCUT2D eigenvalue weighted by Gasteiger charge is -2.48. The third kappa shape index (κ3) is 3.78. The smallest absolute Gasteiger partial charge is 0.0468 e. The minimum Gasteiger partial charge on any atom is -0.310 e. The summed E-state index contributed by atoms with van der Waals surface area (Å²) in [5, 5.41) is 5.31. The summed E-state index contributed by atoms with van der Waals surface area (Å²) in [5.74, 6) is 0. The van der Waals surface area contributed by atoms with Crippen molar-refractivity contribution in [2.24, 2.45) is 0 Å². The Hall–Kier alpha value is -4.44. The maximum absolute atomic E-state index is 2.44. The summed E-state index contributed by atoms with van der Waals surface area (Å²) < 4.78 is 5.41. The van der Waals surface area contributed by atoms with Crippen molar-refractivity contribution in [3.8, 4) is 11.1 Å². The summed E-state index contributed by atoms with van der Waals surface area (Å²) in [5.41, 5.74) is 9.17. The molecule has 0 amide bonds. The quantitative estimate of drug-likeness (QED) is 0.191. The molecule has 0 saturated heterocycles. The van der Waals surface area contributed by atoms with Gasteiger partial charge in [0.05, 0.1) is 0 Å². The predicted molar refractivity (Wildman–Crippen MR) is 198 cm³/mol. The Balaban J connectivity index is 1.27. The fraction of sp³-hybridized carbons (Fsp3) is 0.143. The van der Waals surface area contributed by atoms with E-state index in [0.717, 1.165) is 5.69 Å². The highest BCUT2D eigenvalue weighted by Crippen LogP contribution is 2.57. The van der Waals surface area contributed by atoms with Crippen LogP contribution in [0.25, 0.3) is 51.5 Å². The number of fused-ring (bicyclic) bond motifs is 10. The van der Waals surface area contributed by atoms with Gasteiger partial charge in [-0.15, -0.1) is 22.7 Å². The number of nitrogens with zero attached hydrogens (tertiary/aromatic N) is 1. The lowest BCUT2D eigenvalue weighted by atomic mass is 9.55. The molecule has 3 heteroatoms. The topological polar surface area (TPSA) is 3.24 Å². The molecule has 6 aromatic carbocycles. The fourth-order valence-electron chi connectivity index (χ4n) is 7.60. The number of para-hydroxylation sites is 1. The number of benzene rings is 6. The van der Waals surface area contributed by atoms with Crippen molar-refractivity contribution in [2.45, 2.75) is 38.5 Å². The van der Waals surface area contributed by atoms with Gasteiger partial charge < -0.3 is 4.90 Å². The Labute approximate surface area is 272 Å². The molecule has 1 nitrogen and oxygen atoms in total. The molecule has 1 aliphatic carbocycles. The van der Waals surface area contributed by atoms with Crippen molar-refractivity contribution in [1.29, 1.82) is 0 Å². The molecule has 0 aliphatic heterocycles. The maximum Gasteiger partial charge on any atom is 0.0468 e. The predicted octanol–water partition coefficient (Wildman–Crippen LogP) is 13.1. The van der Waals surface area contributed by atoms with Gasteiger partial charge in [0.15, 0.2) is 0 Å². The lowest BCUT2D eigenvalue weighted by Crippen LogP contribution is -2.43. The number of anilines is 3. The molecule has 0 N–H and O–H groups in total. The molecule has 8 aromatic rings. The lowest BCUT2D eigenvalue weighted by molar-refractivity contribution is 0.301. The van der Waals surface area contributed by atoms with Crippen molar-refractivity contribution in [2.75, 3.05) is 4.90 Å². The van der Waals surface area contributed by atoms with Crippen molar-refractivity contribution < 1.29 is 0 Å². The fourth-order valence-corrected chi connectivity index (χ4v) is 10.1. The summed E-state index contributed by atoms with van der Waals surface area (Å²) in [4.78, 5) is 2.41. The molecule has 0 saturated carbocycles. The van der Waals surface area contributed by atoms with E-state index in [-0.39, 0.29) is 10.8 Å². The molecule has 0 radical (unpaired) electrons. The van der Waals surface area contributed by atoms with Gasteiger partial charge in [-0.1, -0.05) is 100 Å². The van der Waals surface area contributed by atoms with E-state index in [4.69, 9.17) is 0 Å². The zero-order valence-corrected chi connectivity index (χ0v) is 27.5. The number of hydrogen-bond acceptors (Lipinski definition) is 3. The van der Waals surface area contributed by atoms with Gasteiger partial charge in [0, 0.05) is 62.8 Å². The van der Waals surface area contributed by atoms with Crippen LogP contribution in [0.3, 0.4) is 0 Å². The van der Waals surface area contributed by atoms with E-state index in [1.807, 2.05) is 22.7 Å². The molecular weight excluding hydrogens is 583 g/mol. The van der Waals surface area contributed by atoms with Crippen LogP contribution in [-0.2, 0) is 10.8 Å². The van der Waals surface area contributed by atoms with Crippen LogP contribution in [0.1, 0.15) is 38.8 Å². The Morgan fingerprint density at radius 1 is 0.444 bits per heavy atom. The van der Waals surface area contributed by atoms with Crippen molar-refractivity contribution >= 4 is 80.1 Å². The maximum atomic E-state index is 2.44. The third-order valence-corrected chi connectivity index (χ3v) is 12.9. The average Bonchev–Trinajstić information content (AvgIpc) is 3.62. The standard InChI is InChI=1S/C42H33NS2/c1-41(2)35-16-10-8-14-29(35)31-20-21-32-34-25-28(19-23-38(34)45-40(32)39(31)42(41,3)4)43(26-12-6-5-7-13-26)27-18-22-37-33(24-27)30-15-9-11-17-36(30)44-37/h5-25H,1-4H3. The molecule has 0 bridgehead atoms. The van der Waals surface area contributed by atoms with E-state index in [0.29, 0.717) is 0 Å². The van der Waals surface area contributed by atoms with E-state index < -0.39 is 0 Å². The molecule has 0 unspecified atom stereocenters. The molecule has 0 fully saturated rings. The average molecular weight is 616 g/mol. The third-order valence-electron chi connectivity index (χ3n) is 10.6. The second kappa shape index (κ2) is 9.53. The van der Waals surface area contributed by atoms with Gasteiger partial charge in [-0.05, 0) is 82.3 Å². The second-order valence-electron chi connectivity index (χ2n) is 13.4. The first-order valence-electron chi connectivity index (χ1n) is 15.7. The molecule has 218 valence electrons. The van der Waals surface area contributed by atoms with Gasteiger partial charge in [0.25, 0.3) is 0 Å². The molecule has 0 spiro atoms. The van der Waals surface area contributed by atoms with Crippen LogP contribution in [0.15, 0.2) is 127 Å². The van der Waals surface area contributed by atoms with Crippen LogP contribution in [-0.4, -0.2) is 0 Å². The molecule has 45 heavy (non-hydrogen) atoms. The Bertz CT molecular complexity index is 2440. The van der Waals surface area contributed by atoms with Crippen LogP contribution < -0.4 is 4.90 Å². The zero-order valence-electron chi connectivity index (χ0n) is 25.9. The molecule has 9 rings (SSSR count). The number of hydrogen-bond donors (Lipinski definition) is 0. The van der Waals surface area contributed by atoms with Gasteiger partial charge in [0.1, 0.15) is 0 Å². The van der Waals surface area contributed by atoms with Gasteiger partial charge in [-0.2, -0.15) is 0 Å². The van der Waals surface area contributed by atoms with E-state index in [1.54, 1.807) is 0 Å². The Morgan fingerprint density at radius 2 is 1.07 bits per heavy atom. The summed E-state index contributed by atoms with van der Waals surface area (Å²) in [7, 11) is 0. The van der Waals surface area contributed by atoms with Crippen LogP contribution in [0.4, 0.5) is 17.1 Å². The SMILES string of the molecule is CC1(C)c2ccccc2-c2ccc3c(sc4ccc(N(c5ccccc5)c5ccc6sc7ccccc7c6c5)cc43)c2C1(C)C. The molecule has 2 heterocycles. The van der Waals surface area contributed by atoms with Crippen molar-refractivity contribution in [1.82, 2.24) is 0 Å². The normalized spacial score (nSPS) is 15.0. The Morgan fingerprint density at radius 3 is 1.84 bits per heavy atom. The second-order valence-corrected chi connectivity index (χ2v) is 15.5. The van der Waals surface area contributed by atoms with Crippen LogP contribution in [0, 0.1) is 0 Å². The highest BCUT2D eigenvalue weighted by Gasteiger charge is 2.46. The summed E-state index contributed by atoms with van der Waals surface area (Å²) >= 11 is 3.82. The summed E-state index contributed by atoms with van der Waals surface area (Å²) in [6, 6.07) is 47.3. The first-order valence-corrected chi connectivity index (χ1v) is 17.3. The molecule has 2 aromatic heterocycles. The number of rotatable bonds is 3. The van der Waals surface area contributed by atoms with E-state index in [1.165, 1.54) is 74.0 Å². The number of thiophene rings is 2. The van der Waals surface area contributed by atoms with Crippen LogP contribution in [0.5, 0.6) is 0 Å². The zero-order chi connectivity index (χ0) is 30.5. The highest BCUT2D eigenvalue weighted by molar-refractivity contribution is 7.26. The Kier molecular flexibility index (Phi) is 5.70. The van der Waals surface area contributed by atoms with Crippen molar-refractivity contribution in [3.05, 3.63) is 139 Å². The molecule has 0 atom stereocenters. The first-order chi connectivity index (χ1) is 21.8. The monoisotopic (exact) mass is 615 g/mol. The first kappa shape index (κ1) is 26.9. The van der Waals surface area contributed by atoms with E-state index in [9.17, 15) is 0 Å². The van der Waals surface area contributed by atoms with E-state index >= 15 is 0 Å². The molecular formula is C42H33NS2.